The summed E-state index contributed by atoms with van der Waals surface area (Å²) in [4.78, 5) is 16.2. The molecular weight excluding hydrogens is 388 g/mol. The average molecular weight is 423 g/mol. The number of nitrogens with zero attached hydrogens (tertiary/aromatic N) is 1. The molecule has 0 heterocycles. The van der Waals surface area contributed by atoms with Gasteiger partial charge in [0, 0.05) is 38.2 Å². The van der Waals surface area contributed by atoms with Crippen LogP contribution in [-0.4, -0.2) is 46.2 Å². The Kier molecular flexibility index (Phi) is 7.93. The maximum atomic E-state index is 11.8. The molecular formula is C25H34N4O2. The standard InChI is InChI=1S/C25H34N4O2/c1-26-23(30)20-9-6-8-19(16-20)12-15-28-24(27-2)29-18-25(13-4-5-14-25)21-10-7-11-22(17-21)31-3/h6-11,16-17H,4-5,12-15,18H2,1-3H3,(H,26,30)(H2,27,28,29). The van der Waals surface area contributed by atoms with E-state index in [1.54, 1.807) is 21.2 Å². The van der Waals surface area contributed by atoms with Gasteiger partial charge >= 0.3 is 0 Å². The Morgan fingerprint density at radius 3 is 2.58 bits per heavy atom. The largest absolute Gasteiger partial charge is 0.497 e. The lowest BCUT2D eigenvalue weighted by molar-refractivity contribution is 0.0963. The quantitative estimate of drug-likeness (QED) is 0.451. The van der Waals surface area contributed by atoms with Crippen LogP contribution in [0.25, 0.3) is 0 Å². The first-order valence-corrected chi connectivity index (χ1v) is 11.0. The van der Waals surface area contributed by atoms with Gasteiger partial charge < -0.3 is 20.7 Å². The Morgan fingerprint density at radius 2 is 1.87 bits per heavy atom. The number of hydrogen-bond acceptors (Lipinski definition) is 3. The van der Waals surface area contributed by atoms with E-state index in [0.29, 0.717) is 5.56 Å². The van der Waals surface area contributed by atoms with Gasteiger partial charge in [-0.15, -0.1) is 0 Å². The topological polar surface area (TPSA) is 74.8 Å². The lowest BCUT2D eigenvalue weighted by Gasteiger charge is -2.31. The zero-order valence-corrected chi connectivity index (χ0v) is 18.8. The van der Waals surface area contributed by atoms with Gasteiger partial charge in [0.05, 0.1) is 7.11 Å². The first-order chi connectivity index (χ1) is 15.1. The molecule has 3 N–H and O–H groups in total. The summed E-state index contributed by atoms with van der Waals surface area (Å²) in [6.45, 7) is 1.58. The minimum Gasteiger partial charge on any atom is -0.497 e. The first kappa shape index (κ1) is 22.7. The van der Waals surface area contributed by atoms with Gasteiger partial charge in [-0.1, -0.05) is 37.1 Å². The summed E-state index contributed by atoms with van der Waals surface area (Å²) in [5, 5.41) is 9.62. The lowest BCUT2D eigenvalue weighted by Crippen LogP contribution is -2.45. The molecule has 1 saturated carbocycles. The smallest absolute Gasteiger partial charge is 0.251 e. The molecule has 0 saturated heterocycles. The summed E-state index contributed by atoms with van der Waals surface area (Å²) in [6.07, 6.45) is 5.62. The maximum absolute atomic E-state index is 11.8. The number of guanidine groups is 1. The van der Waals surface area contributed by atoms with E-state index in [1.165, 1.54) is 18.4 Å². The number of nitrogens with one attached hydrogen (secondary N) is 3. The minimum absolute atomic E-state index is 0.0633. The van der Waals surface area contributed by atoms with Gasteiger partial charge in [-0.2, -0.15) is 0 Å². The van der Waals surface area contributed by atoms with Crippen molar-refractivity contribution >= 4 is 11.9 Å². The van der Waals surface area contributed by atoms with E-state index in [4.69, 9.17) is 4.74 Å². The molecule has 2 aromatic carbocycles. The zero-order chi connectivity index (χ0) is 22.1. The van der Waals surface area contributed by atoms with Crippen molar-refractivity contribution in [3.63, 3.8) is 0 Å². The van der Waals surface area contributed by atoms with Crippen LogP contribution in [0, 0.1) is 0 Å². The van der Waals surface area contributed by atoms with Crippen LogP contribution in [-0.2, 0) is 11.8 Å². The second-order valence-corrected chi connectivity index (χ2v) is 8.10. The van der Waals surface area contributed by atoms with E-state index in [-0.39, 0.29) is 11.3 Å². The van der Waals surface area contributed by atoms with Crippen LogP contribution in [0.3, 0.4) is 0 Å². The molecule has 0 spiro atoms. The molecule has 31 heavy (non-hydrogen) atoms. The number of ether oxygens (including phenoxy) is 1. The van der Waals surface area contributed by atoms with E-state index < -0.39 is 0 Å². The van der Waals surface area contributed by atoms with Gasteiger partial charge in [-0.25, -0.2) is 0 Å². The second kappa shape index (κ2) is 10.8. The molecule has 1 aliphatic rings. The highest BCUT2D eigenvalue weighted by Crippen LogP contribution is 2.41. The van der Waals surface area contributed by atoms with Gasteiger partial charge in [0.25, 0.3) is 5.91 Å². The van der Waals surface area contributed by atoms with Crippen LogP contribution in [0.1, 0.15) is 47.2 Å². The van der Waals surface area contributed by atoms with Crippen LogP contribution in [0.2, 0.25) is 0 Å². The van der Waals surface area contributed by atoms with Crippen molar-refractivity contribution in [3.8, 4) is 5.75 Å². The van der Waals surface area contributed by atoms with E-state index >= 15 is 0 Å². The van der Waals surface area contributed by atoms with Crippen LogP contribution in [0.5, 0.6) is 5.75 Å². The van der Waals surface area contributed by atoms with Crippen molar-refractivity contribution in [2.75, 3.05) is 34.3 Å². The summed E-state index contributed by atoms with van der Waals surface area (Å²) in [5.41, 5.74) is 3.24. The van der Waals surface area contributed by atoms with E-state index in [9.17, 15) is 4.79 Å². The highest BCUT2D eigenvalue weighted by Gasteiger charge is 2.36. The van der Waals surface area contributed by atoms with E-state index in [1.807, 2.05) is 30.3 Å². The van der Waals surface area contributed by atoms with Crippen LogP contribution < -0.4 is 20.7 Å². The number of carbonyl (C=O) groups excluding carboxylic acids is 1. The van der Waals surface area contributed by atoms with Crippen LogP contribution in [0.4, 0.5) is 0 Å². The molecule has 1 amide bonds. The number of amides is 1. The van der Waals surface area contributed by atoms with E-state index in [0.717, 1.165) is 49.6 Å². The number of carbonyl (C=O) groups is 1. The van der Waals surface area contributed by atoms with Crippen molar-refractivity contribution in [1.29, 1.82) is 0 Å². The summed E-state index contributed by atoms with van der Waals surface area (Å²) >= 11 is 0. The molecule has 0 aliphatic heterocycles. The Labute approximate surface area is 185 Å². The minimum atomic E-state index is -0.0633. The third-order valence-electron chi connectivity index (χ3n) is 6.18. The Bertz CT molecular complexity index is 904. The van der Waals surface area contributed by atoms with Crippen LogP contribution in [0.15, 0.2) is 53.5 Å². The van der Waals surface area contributed by atoms with Crippen molar-refractivity contribution in [2.24, 2.45) is 4.99 Å². The number of rotatable bonds is 8. The summed E-state index contributed by atoms with van der Waals surface area (Å²) in [7, 11) is 5.16. The fraction of sp³-hybridized carbons (Fsp3) is 0.440. The molecule has 6 nitrogen and oxygen atoms in total. The Balaban J connectivity index is 1.57. The highest BCUT2D eigenvalue weighted by atomic mass is 16.5. The molecule has 1 aliphatic carbocycles. The predicted molar refractivity (Wildman–Crippen MR) is 126 cm³/mol. The van der Waals surface area contributed by atoms with E-state index in [2.05, 4.69) is 39.1 Å². The lowest BCUT2D eigenvalue weighted by atomic mass is 9.78. The zero-order valence-electron chi connectivity index (χ0n) is 18.8. The van der Waals surface area contributed by atoms with Crippen molar-refractivity contribution in [1.82, 2.24) is 16.0 Å². The molecule has 0 atom stereocenters. The monoisotopic (exact) mass is 422 g/mol. The molecule has 1 fully saturated rings. The number of methoxy groups -OCH3 is 1. The third kappa shape index (κ3) is 5.78. The fourth-order valence-corrected chi connectivity index (χ4v) is 4.38. The van der Waals surface area contributed by atoms with Gasteiger partial charge in [-0.05, 0) is 54.7 Å². The molecule has 3 rings (SSSR count). The third-order valence-corrected chi connectivity index (χ3v) is 6.18. The molecule has 0 bridgehead atoms. The number of hydrogen-bond donors (Lipinski definition) is 3. The highest BCUT2D eigenvalue weighted by molar-refractivity contribution is 5.94. The molecule has 0 radical (unpaired) electrons. The first-order valence-electron chi connectivity index (χ1n) is 11.0. The molecule has 0 unspecified atom stereocenters. The Morgan fingerprint density at radius 1 is 1.10 bits per heavy atom. The van der Waals surface area contributed by atoms with Gasteiger partial charge in [0.1, 0.15) is 5.75 Å². The second-order valence-electron chi connectivity index (χ2n) is 8.10. The maximum Gasteiger partial charge on any atom is 0.251 e. The van der Waals surface area contributed by atoms with Gasteiger partial charge in [0.2, 0.25) is 0 Å². The normalized spacial score (nSPS) is 15.4. The molecule has 2 aromatic rings. The van der Waals surface area contributed by atoms with Crippen molar-refractivity contribution in [2.45, 2.75) is 37.5 Å². The summed E-state index contributed by atoms with van der Waals surface area (Å²) in [6, 6.07) is 16.2. The number of benzene rings is 2. The Hall–Kier alpha value is -3.02. The van der Waals surface area contributed by atoms with Gasteiger partial charge in [0.15, 0.2) is 5.96 Å². The fourth-order valence-electron chi connectivity index (χ4n) is 4.38. The van der Waals surface area contributed by atoms with Crippen molar-refractivity contribution in [3.05, 3.63) is 65.2 Å². The molecule has 6 heteroatoms. The SMILES string of the molecule is CN=C(NCCc1cccc(C(=O)NC)c1)NCC1(c2cccc(OC)c2)CCCC1. The molecule has 0 aromatic heterocycles. The molecule has 166 valence electrons. The average Bonchev–Trinajstić information content (AvgIpc) is 3.31. The van der Waals surface area contributed by atoms with Crippen molar-refractivity contribution < 1.29 is 9.53 Å². The number of aliphatic imine (C=N–C) groups is 1. The predicted octanol–water partition coefficient (Wildman–Crippen LogP) is 3.27. The summed E-state index contributed by atoms with van der Waals surface area (Å²) in [5.74, 6) is 1.65. The van der Waals surface area contributed by atoms with Crippen LogP contribution >= 0.6 is 0 Å². The summed E-state index contributed by atoms with van der Waals surface area (Å²) < 4.78 is 5.45. The van der Waals surface area contributed by atoms with Gasteiger partial charge in [-0.3, -0.25) is 9.79 Å².